The quantitative estimate of drug-likeness (QED) is 0.783. The molecule has 6 heteroatoms. The van der Waals surface area contributed by atoms with Crippen LogP contribution in [0.25, 0.3) is 6.08 Å². The number of carbonyl (C=O) groups is 1. The van der Waals surface area contributed by atoms with Crippen molar-refractivity contribution in [1.82, 2.24) is 9.80 Å². The van der Waals surface area contributed by atoms with Gasteiger partial charge in [0.25, 0.3) is 0 Å². The minimum Gasteiger partial charge on any atom is -0.496 e. The summed E-state index contributed by atoms with van der Waals surface area (Å²) in [5, 5.41) is 0. The van der Waals surface area contributed by atoms with Gasteiger partial charge >= 0.3 is 0 Å². The van der Waals surface area contributed by atoms with Gasteiger partial charge < -0.3 is 14.1 Å². The molecule has 1 saturated heterocycles. The molecule has 0 aliphatic carbocycles. The normalized spacial score (nSPS) is 15.7. The lowest BCUT2D eigenvalue weighted by molar-refractivity contribution is -0.127. The molecule has 1 fully saturated rings. The van der Waals surface area contributed by atoms with Crippen molar-refractivity contribution in [3.63, 3.8) is 0 Å². The Labute approximate surface area is 146 Å². The van der Waals surface area contributed by atoms with Gasteiger partial charge in [0.1, 0.15) is 17.3 Å². The number of ether oxygens (including phenoxy) is 1. The maximum absolute atomic E-state index is 13.5. The SMILES string of the molecule is COc1ccc(F)cc1CN1CCN(C(=O)/C=C/c2ccco2)CC1. The van der Waals surface area contributed by atoms with Crippen molar-refractivity contribution in [3.05, 3.63) is 59.8 Å². The lowest BCUT2D eigenvalue weighted by Gasteiger charge is -2.34. The van der Waals surface area contributed by atoms with Crippen LogP contribution in [0.3, 0.4) is 0 Å². The molecule has 0 unspecified atom stereocenters. The lowest BCUT2D eigenvalue weighted by Crippen LogP contribution is -2.47. The maximum atomic E-state index is 13.5. The third-order valence-electron chi connectivity index (χ3n) is 4.25. The standard InChI is InChI=1S/C19H21FN2O3/c1-24-18-6-4-16(20)13-15(18)14-21-8-10-22(11-9-21)19(23)7-5-17-3-2-12-25-17/h2-7,12-13H,8-11,14H2,1H3/b7-5+. The summed E-state index contributed by atoms with van der Waals surface area (Å²) in [6.45, 7) is 3.35. The number of halogens is 1. The van der Waals surface area contributed by atoms with Gasteiger partial charge in [-0.15, -0.1) is 0 Å². The summed E-state index contributed by atoms with van der Waals surface area (Å²) in [6.07, 6.45) is 4.78. The van der Waals surface area contributed by atoms with E-state index in [-0.39, 0.29) is 11.7 Å². The van der Waals surface area contributed by atoms with E-state index in [9.17, 15) is 9.18 Å². The van der Waals surface area contributed by atoms with Crippen molar-refractivity contribution < 1.29 is 18.3 Å². The minimum atomic E-state index is -0.271. The first kappa shape index (κ1) is 17.2. The van der Waals surface area contributed by atoms with Crippen LogP contribution in [-0.2, 0) is 11.3 Å². The van der Waals surface area contributed by atoms with Crippen molar-refractivity contribution >= 4 is 12.0 Å². The lowest BCUT2D eigenvalue weighted by atomic mass is 10.1. The van der Waals surface area contributed by atoms with Gasteiger partial charge in [-0.05, 0) is 36.4 Å². The van der Waals surface area contributed by atoms with Gasteiger partial charge in [-0.1, -0.05) is 0 Å². The molecule has 1 aromatic carbocycles. The Hall–Kier alpha value is -2.60. The van der Waals surface area contributed by atoms with E-state index in [1.165, 1.54) is 18.2 Å². The fraction of sp³-hybridized carbons (Fsp3) is 0.316. The first-order valence-corrected chi connectivity index (χ1v) is 8.21. The van der Waals surface area contributed by atoms with Crippen LogP contribution in [0.2, 0.25) is 0 Å². The average Bonchev–Trinajstić information content (AvgIpc) is 3.14. The molecule has 0 N–H and O–H groups in total. The Morgan fingerprint density at radius 2 is 2.08 bits per heavy atom. The van der Waals surface area contributed by atoms with Crippen molar-refractivity contribution in [2.75, 3.05) is 33.3 Å². The molecule has 2 aromatic rings. The largest absolute Gasteiger partial charge is 0.496 e. The summed E-state index contributed by atoms with van der Waals surface area (Å²) in [6, 6.07) is 8.12. The van der Waals surface area contributed by atoms with E-state index >= 15 is 0 Å². The number of nitrogens with zero attached hydrogens (tertiary/aromatic N) is 2. The van der Waals surface area contributed by atoms with E-state index < -0.39 is 0 Å². The van der Waals surface area contributed by atoms with Crippen LogP contribution in [-0.4, -0.2) is 49.0 Å². The Kier molecular flexibility index (Phi) is 5.50. The number of hydrogen-bond acceptors (Lipinski definition) is 4. The predicted octanol–water partition coefficient (Wildman–Crippen LogP) is 2.78. The average molecular weight is 344 g/mol. The van der Waals surface area contributed by atoms with Crippen molar-refractivity contribution in [3.8, 4) is 5.75 Å². The van der Waals surface area contributed by atoms with E-state index in [0.717, 1.165) is 18.7 Å². The number of hydrogen-bond donors (Lipinski definition) is 0. The summed E-state index contributed by atoms with van der Waals surface area (Å²) in [5.74, 6) is 1.04. The number of benzene rings is 1. The van der Waals surface area contributed by atoms with Gasteiger partial charge in [-0.2, -0.15) is 0 Å². The van der Waals surface area contributed by atoms with Crippen LogP contribution in [0.1, 0.15) is 11.3 Å². The van der Waals surface area contributed by atoms with Gasteiger partial charge in [-0.3, -0.25) is 9.69 Å². The zero-order chi connectivity index (χ0) is 17.6. The number of amides is 1. The molecule has 1 aromatic heterocycles. The van der Waals surface area contributed by atoms with Crippen molar-refractivity contribution in [2.24, 2.45) is 0 Å². The van der Waals surface area contributed by atoms with E-state index in [4.69, 9.17) is 9.15 Å². The van der Waals surface area contributed by atoms with Gasteiger partial charge in [0, 0.05) is 44.4 Å². The third kappa shape index (κ3) is 4.48. The van der Waals surface area contributed by atoms with E-state index in [1.54, 1.807) is 42.5 Å². The molecular formula is C19H21FN2O3. The van der Waals surface area contributed by atoms with E-state index in [1.807, 2.05) is 0 Å². The van der Waals surface area contributed by atoms with Gasteiger partial charge in [0.15, 0.2) is 0 Å². The molecule has 0 atom stereocenters. The van der Waals surface area contributed by atoms with Crippen LogP contribution in [0, 0.1) is 5.82 Å². The Bertz CT molecular complexity index is 735. The van der Waals surface area contributed by atoms with Crippen molar-refractivity contribution in [2.45, 2.75) is 6.54 Å². The molecule has 0 spiro atoms. The molecule has 2 heterocycles. The topological polar surface area (TPSA) is 45.9 Å². The highest BCUT2D eigenvalue weighted by molar-refractivity contribution is 5.91. The summed E-state index contributed by atoms with van der Waals surface area (Å²) >= 11 is 0. The van der Waals surface area contributed by atoms with Gasteiger partial charge in [0.05, 0.1) is 13.4 Å². The monoisotopic (exact) mass is 344 g/mol. The smallest absolute Gasteiger partial charge is 0.246 e. The number of carbonyl (C=O) groups excluding carboxylic acids is 1. The number of methoxy groups -OCH3 is 1. The molecule has 0 radical (unpaired) electrons. The molecule has 1 aliphatic rings. The molecular weight excluding hydrogens is 323 g/mol. The number of furan rings is 1. The molecule has 1 amide bonds. The second-order valence-corrected chi connectivity index (χ2v) is 5.91. The molecule has 3 rings (SSSR count). The van der Waals surface area contributed by atoms with Gasteiger partial charge in [-0.25, -0.2) is 4.39 Å². The van der Waals surface area contributed by atoms with Crippen LogP contribution in [0.15, 0.2) is 47.1 Å². The van der Waals surface area contributed by atoms with Crippen LogP contribution < -0.4 is 4.74 Å². The Morgan fingerprint density at radius 3 is 2.76 bits per heavy atom. The summed E-state index contributed by atoms with van der Waals surface area (Å²) < 4.78 is 23.9. The highest BCUT2D eigenvalue weighted by Gasteiger charge is 2.20. The zero-order valence-corrected chi connectivity index (χ0v) is 14.2. The summed E-state index contributed by atoms with van der Waals surface area (Å²) in [7, 11) is 1.58. The maximum Gasteiger partial charge on any atom is 0.246 e. The second-order valence-electron chi connectivity index (χ2n) is 5.91. The molecule has 25 heavy (non-hydrogen) atoms. The van der Waals surface area contributed by atoms with Crippen LogP contribution in [0.4, 0.5) is 4.39 Å². The van der Waals surface area contributed by atoms with Crippen LogP contribution in [0.5, 0.6) is 5.75 Å². The highest BCUT2D eigenvalue weighted by Crippen LogP contribution is 2.21. The van der Waals surface area contributed by atoms with Gasteiger partial charge in [0.2, 0.25) is 5.91 Å². The van der Waals surface area contributed by atoms with Crippen molar-refractivity contribution in [1.29, 1.82) is 0 Å². The Morgan fingerprint density at radius 1 is 1.28 bits per heavy atom. The second kappa shape index (κ2) is 7.98. The molecule has 5 nitrogen and oxygen atoms in total. The molecule has 132 valence electrons. The first-order valence-electron chi connectivity index (χ1n) is 8.21. The number of piperazine rings is 1. The zero-order valence-electron chi connectivity index (χ0n) is 14.2. The third-order valence-corrected chi connectivity index (χ3v) is 4.25. The molecule has 1 aliphatic heterocycles. The molecule has 0 bridgehead atoms. The predicted molar refractivity (Wildman–Crippen MR) is 92.6 cm³/mol. The fourth-order valence-electron chi connectivity index (χ4n) is 2.88. The van der Waals surface area contributed by atoms with Crippen LogP contribution >= 0.6 is 0 Å². The summed E-state index contributed by atoms with van der Waals surface area (Å²) in [4.78, 5) is 16.2. The number of rotatable bonds is 5. The Balaban J connectivity index is 1.53. The first-order chi connectivity index (χ1) is 12.2. The molecule has 0 saturated carbocycles. The summed E-state index contributed by atoms with van der Waals surface area (Å²) in [5.41, 5.74) is 0.819. The minimum absolute atomic E-state index is 0.0283. The fourth-order valence-corrected chi connectivity index (χ4v) is 2.88. The highest BCUT2D eigenvalue weighted by atomic mass is 19.1. The van der Waals surface area contributed by atoms with E-state index in [2.05, 4.69) is 4.90 Å². The van der Waals surface area contributed by atoms with E-state index in [0.29, 0.717) is 31.1 Å².